The van der Waals surface area contributed by atoms with Gasteiger partial charge in [0.15, 0.2) is 5.17 Å². The fraction of sp³-hybridized carbons (Fsp3) is 0.500. The van der Waals surface area contributed by atoms with Crippen molar-refractivity contribution in [3.8, 4) is 0 Å². The Morgan fingerprint density at radius 2 is 1.97 bits per heavy atom. The number of carbonyl (C=O) groups excluding carboxylic acids is 3. The molecule has 3 heterocycles. The molecule has 38 heavy (non-hydrogen) atoms. The van der Waals surface area contributed by atoms with E-state index in [1.54, 1.807) is 22.8 Å². The van der Waals surface area contributed by atoms with Gasteiger partial charge in [-0.3, -0.25) is 14.4 Å². The largest absolute Gasteiger partial charge is 0.466 e. The van der Waals surface area contributed by atoms with Gasteiger partial charge in [0.25, 0.3) is 5.91 Å². The van der Waals surface area contributed by atoms with Gasteiger partial charge in [-0.1, -0.05) is 35.5 Å². The molecule has 2 atom stereocenters. The summed E-state index contributed by atoms with van der Waals surface area (Å²) < 4.78 is 5.20. The predicted octanol–water partition coefficient (Wildman–Crippen LogP) is 4.98. The van der Waals surface area contributed by atoms with Crippen LogP contribution in [0.4, 0.5) is 0 Å². The molecule has 1 aromatic rings. The maximum Gasteiger partial charge on any atom is 0.310 e. The molecule has 1 saturated heterocycles. The first-order valence-corrected chi connectivity index (χ1v) is 14.5. The smallest absolute Gasteiger partial charge is 0.310 e. The standard InChI is InChI=1S/C28H35ClN4O4S/c1-5-31(6-2)26(35)24-18(4)30-28-33(25(24)19-10-8-12-21(29)14-19)22(17-38-28)15-23(34)32-13-9-11-20(16-32)27(36)37-7-3/h8,10,12,14,17,20,25H,5-7,9,11,13,15-16H2,1-4H3. The van der Waals surface area contributed by atoms with E-state index < -0.39 is 6.04 Å². The zero-order chi connectivity index (χ0) is 27.4. The Hall–Kier alpha value is -2.78. The molecular formula is C28H35ClN4O4S. The van der Waals surface area contributed by atoms with Crippen molar-refractivity contribution in [3.05, 3.63) is 57.2 Å². The van der Waals surface area contributed by atoms with Crippen LogP contribution in [-0.4, -0.2) is 70.4 Å². The Morgan fingerprint density at radius 1 is 1.21 bits per heavy atom. The quantitative estimate of drug-likeness (QED) is 0.419. The zero-order valence-electron chi connectivity index (χ0n) is 22.4. The highest BCUT2D eigenvalue weighted by atomic mass is 35.5. The molecule has 1 aromatic carbocycles. The third kappa shape index (κ3) is 5.78. The molecule has 0 radical (unpaired) electrons. The summed E-state index contributed by atoms with van der Waals surface area (Å²) in [7, 11) is 0. The number of piperidine rings is 1. The van der Waals surface area contributed by atoms with Gasteiger partial charge < -0.3 is 19.4 Å². The lowest BCUT2D eigenvalue weighted by Gasteiger charge is -2.38. The molecule has 0 aromatic heterocycles. The van der Waals surface area contributed by atoms with Crippen LogP contribution in [0.3, 0.4) is 0 Å². The third-order valence-corrected chi connectivity index (χ3v) is 8.30. The number of likely N-dealkylation sites (N-methyl/N-ethyl adjacent to an activating group) is 1. The van der Waals surface area contributed by atoms with E-state index in [1.165, 1.54) is 11.8 Å². The number of halogens is 1. The average molecular weight is 559 g/mol. The molecule has 3 aliphatic rings. The second-order valence-corrected chi connectivity index (χ2v) is 10.8. The highest BCUT2D eigenvalue weighted by Gasteiger charge is 2.42. The van der Waals surface area contributed by atoms with E-state index in [9.17, 15) is 14.4 Å². The van der Waals surface area contributed by atoms with Gasteiger partial charge in [-0.15, -0.1) is 0 Å². The number of amides is 2. The van der Waals surface area contributed by atoms with Crippen molar-refractivity contribution in [2.24, 2.45) is 10.9 Å². The number of esters is 1. The molecule has 10 heteroatoms. The summed E-state index contributed by atoms with van der Waals surface area (Å²) in [6, 6.07) is 7.05. The van der Waals surface area contributed by atoms with Crippen LogP contribution in [0.25, 0.3) is 0 Å². The first-order valence-electron chi connectivity index (χ1n) is 13.2. The molecule has 4 rings (SSSR count). The van der Waals surface area contributed by atoms with Crippen LogP contribution >= 0.6 is 23.4 Å². The van der Waals surface area contributed by atoms with E-state index in [-0.39, 0.29) is 30.1 Å². The molecule has 204 valence electrons. The van der Waals surface area contributed by atoms with Crippen LogP contribution < -0.4 is 0 Å². The monoisotopic (exact) mass is 558 g/mol. The number of aliphatic imine (C=N–C) groups is 1. The van der Waals surface area contributed by atoms with E-state index in [0.29, 0.717) is 49.1 Å². The molecule has 2 amide bonds. The Morgan fingerprint density at radius 3 is 2.66 bits per heavy atom. The number of allylic oxidation sites excluding steroid dienone is 1. The van der Waals surface area contributed by atoms with E-state index >= 15 is 0 Å². The second-order valence-electron chi connectivity index (χ2n) is 9.53. The van der Waals surface area contributed by atoms with Crippen LogP contribution in [0.2, 0.25) is 5.02 Å². The van der Waals surface area contributed by atoms with E-state index in [4.69, 9.17) is 21.3 Å². The number of nitrogens with zero attached hydrogens (tertiary/aromatic N) is 4. The van der Waals surface area contributed by atoms with Crippen LogP contribution in [-0.2, 0) is 19.1 Å². The van der Waals surface area contributed by atoms with Crippen LogP contribution in [0.1, 0.15) is 58.6 Å². The fourth-order valence-electron chi connectivity index (χ4n) is 5.24. The summed E-state index contributed by atoms with van der Waals surface area (Å²) >= 11 is 7.85. The lowest BCUT2D eigenvalue weighted by atomic mass is 9.92. The van der Waals surface area contributed by atoms with Crippen molar-refractivity contribution < 1.29 is 19.1 Å². The lowest BCUT2D eigenvalue weighted by molar-refractivity contribution is -0.151. The minimum absolute atomic E-state index is 0.0557. The number of benzene rings is 1. The maximum atomic E-state index is 13.8. The Kier molecular flexibility index (Phi) is 9.20. The zero-order valence-corrected chi connectivity index (χ0v) is 24.0. The van der Waals surface area contributed by atoms with Crippen molar-refractivity contribution in [3.63, 3.8) is 0 Å². The van der Waals surface area contributed by atoms with Gasteiger partial charge >= 0.3 is 5.97 Å². The number of likely N-dealkylation sites (tertiary alicyclic amines) is 1. The molecule has 2 unspecified atom stereocenters. The highest BCUT2D eigenvalue weighted by Crippen LogP contribution is 2.45. The maximum absolute atomic E-state index is 13.8. The summed E-state index contributed by atoms with van der Waals surface area (Å²) in [5.74, 6) is -0.668. The summed E-state index contributed by atoms with van der Waals surface area (Å²) in [6.45, 7) is 10.0. The topological polar surface area (TPSA) is 82.5 Å². The Labute approximate surface area is 233 Å². The first kappa shape index (κ1) is 28.2. The summed E-state index contributed by atoms with van der Waals surface area (Å²) in [4.78, 5) is 49.9. The van der Waals surface area contributed by atoms with Crippen molar-refractivity contribution in [2.75, 3.05) is 32.8 Å². The minimum Gasteiger partial charge on any atom is -0.466 e. The van der Waals surface area contributed by atoms with Gasteiger partial charge in [-0.2, -0.15) is 0 Å². The van der Waals surface area contributed by atoms with Gasteiger partial charge in [0.05, 0.1) is 36.3 Å². The lowest BCUT2D eigenvalue weighted by Crippen LogP contribution is -2.44. The van der Waals surface area contributed by atoms with Gasteiger partial charge in [0, 0.05) is 36.9 Å². The fourth-order valence-corrected chi connectivity index (χ4v) is 6.40. The molecule has 0 aliphatic carbocycles. The van der Waals surface area contributed by atoms with E-state index in [2.05, 4.69) is 0 Å². The SMILES string of the molecule is CCOC(=O)C1CCCN(C(=O)CC2=CSC3=NC(C)=C(C(=O)N(CC)CC)C(c4cccc(Cl)c4)N23)C1. The normalized spacial score (nSPS) is 21.1. The number of hydrogen-bond donors (Lipinski definition) is 0. The van der Waals surface area contributed by atoms with Crippen molar-refractivity contribution in [1.29, 1.82) is 0 Å². The van der Waals surface area contributed by atoms with Crippen LogP contribution in [0, 0.1) is 5.92 Å². The molecule has 0 spiro atoms. The second kappa shape index (κ2) is 12.4. The minimum atomic E-state index is -0.461. The Bertz CT molecular complexity index is 1190. The number of carbonyl (C=O) groups is 3. The molecular weight excluding hydrogens is 524 g/mol. The molecule has 0 bridgehead atoms. The van der Waals surface area contributed by atoms with E-state index in [1.807, 2.05) is 49.3 Å². The summed E-state index contributed by atoms with van der Waals surface area (Å²) in [5, 5.41) is 3.25. The van der Waals surface area contributed by atoms with Gasteiger partial charge in [0.2, 0.25) is 5.91 Å². The highest BCUT2D eigenvalue weighted by molar-refractivity contribution is 8.16. The number of rotatable bonds is 8. The van der Waals surface area contributed by atoms with Gasteiger partial charge in [-0.05, 0) is 63.6 Å². The first-order chi connectivity index (χ1) is 18.3. The van der Waals surface area contributed by atoms with Gasteiger partial charge in [-0.25, -0.2) is 4.99 Å². The number of thioether (sulfide) groups is 1. The number of fused-ring (bicyclic) bond motifs is 1. The van der Waals surface area contributed by atoms with Crippen molar-refractivity contribution in [2.45, 2.75) is 53.0 Å². The van der Waals surface area contributed by atoms with Crippen molar-refractivity contribution >= 4 is 46.3 Å². The molecule has 8 nitrogen and oxygen atoms in total. The average Bonchev–Trinajstić information content (AvgIpc) is 3.30. The molecule has 0 N–H and O–H groups in total. The predicted molar refractivity (Wildman–Crippen MR) is 150 cm³/mol. The summed E-state index contributed by atoms with van der Waals surface area (Å²) in [5.41, 5.74) is 2.89. The third-order valence-electron chi connectivity index (χ3n) is 7.17. The van der Waals surface area contributed by atoms with Crippen LogP contribution in [0.5, 0.6) is 0 Å². The number of ether oxygens (including phenoxy) is 1. The van der Waals surface area contributed by atoms with Crippen molar-refractivity contribution in [1.82, 2.24) is 14.7 Å². The molecule has 3 aliphatic heterocycles. The number of hydrogen-bond acceptors (Lipinski definition) is 7. The van der Waals surface area contributed by atoms with Gasteiger partial charge in [0.1, 0.15) is 0 Å². The van der Waals surface area contributed by atoms with Crippen LogP contribution in [0.15, 0.2) is 51.6 Å². The summed E-state index contributed by atoms with van der Waals surface area (Å²) in [6.07, 6.45) is 1.63. The van der Waals surface area contributed by atoms with E-state index in [0.717, 1.165) is 29.3 Å². The number of amidine groups is 1. The Balaban J connectivity index is 1.64. The molecule has 0 saturated carbocycles. The molecule has 1 fully saturated rings.